The van der Waals surface area contributed by atoms with Crippen molar-refractivity contribution in [1.29, 1.82) is 0 Å². The third-order valence-electron chi connectivity index (χ3n) is 4.52. The van der Waals surface area contributed by atoms with Crippen molar-refractivity contribution in [2.75, 3.05) is 5.32 Å². The lowest BCUT2D eigenvalue weighted by atomic mass is 9.98. The van der Waals surface area contributed by atoms with Gasteiger partial charge < -0.3 is 14.8 Å². The molecular weight excluding hydrogens is 306 g/mol. The molecule has 1 amide bonds. The summed E-state index contributed by atoms with van der Waals surface area (Å²) in [6.07, 6.45) is 0.736. The average Bonchev–Trinajstić information content (AvgIpc) is 3.05. The van der Waals surface area contributed by atoms with Gasteiger partial charge in [-0.2, -0.15) is 5.10 Å². The van der Waals surface area contributed by atoms with Crippen molar-refractivity contribution in [2.24, 2.45) is 0 Å². The van der Waals surface area contributed by atoms with Gasteiger partial charge in [0.2, 0.25) is 11.7 Å². The number of anilines is 1. The summed E-state index contributed by atoms with van der Waals surface area (Å²) in [5.41, 5.74) is 3.39. The fraction of sp³-hybridized carbons (Fsp3) is 0.444. The molecule has 2 aromatic rings. The molecule has 2 atom stereocenters. The lowest BCUT2D eigenvalue weighted by Gasteiger charge is -2.20. The number of fused-ring (bicyclic) bond motifs is 1. The number of benzene rings is 1. The van der Waals surface area contributed by atoms with Crippen LogP contribution in [-0.4, -0.2) is 21.9 Å². The second-order valence-electron chi connectivity index (χ2n) is 6.41. The Balaban J connectivity index is 1.76. The van der Waals surface area contributed by atoms with Crippen LogP contribution in [0.25, 0.3) is 0 Å². The second kappa shape index (κ2) is 5.85. The van der Waals surface area contributed by atoms with Crippen LogP contribution in [0.3, 0.4) is 0 Å². The van der Waals surface area contributed by atoms with E-state index in [0.717, 1.165) is 23.4 Å². The Morgan fingerprint density at radius 1 is 1.33 bits per heavy atom. The summed E-state index contributed by atoms with van der Waals surface area (Å²) in [7, 11) is 0. The van der Waals surface area contributed by atoms with Crippen molar-refractivity contribution < 1.29 is 14.3 Å². The Hall–Kier alpha value is -2.50. The monoisotopic (exact) mass is 329 g/mol. The third-order valence-corrected chi connectivity index (χ3v) is 4.52. The van der Waals surface area contributed by atoms with Gasteiger partial charge in [-0.25, -0.2) is 0 Å². The van der Waals surface area contributed by atoms with Crippen LogP contribution < -0.4 is 14.8 Å². The molecule has 0 saturated heterocycles. The van der Waals surface area contributed by atoms with Gasteiger partial charge in [0.25, 0.3) is 0 Å². The molecule has 2 N–H and O–H groups in total. The minimum atomic E-state index is -0.636. The Kier molecular flexibility index (Phi) is 3.99. The zero-order valence-electron chi connectivity index (χ0n) is 14.7. The van der Waals surface area contributed by atoms with Gasteiger partial charge in [-0.1, -0.05) is 6.92 Å². The van der Waals surface area contributed by atoms with Crippen LogP contribution >= 0.6 is 0 Å². The first-order chi connectivity index (χ1) is 11.3. The predicted molar refractivity (Wildman–Crippen MR) is 91.5 cm³/mol. The molecule has 1 aromatic heterocycles. The molecule has 6 heteroatoms. The highest BCUT2D eigenvalue weighted by atomic mass is 16.7. The largest absolute Gasteiger partial charge is 0.449 e. The first-order valence-corrected chi connectivity index (χ1v) is 8.17. The Morgan fingerprint density at radius 3 is 2.67 bits per heavy atom. The SMILES string of the molecule is CC[C@@]1(C)Oc2ccc(NC(=O)[C@@H](C)c3c(C)n[nH]c3C)cc2O1. The standard InChI is InChI=1S/C18H23N3O3/c1-6-18(5)23-14-8-7-13(9-15(14)24-18)19-17(22)10(2)16-11(3)20-21-12(16)4/h7-10H,6H2,1-5H3,(H,19,22)(H,20,21)/t10-,18-/m0/s1. The molecule has 0 aliphatic carbocycles. The van der Waals surface area contributed by atoms with E-state index in [2.05, 4.69) is 15.5 Å². The first-order valence-electron chi connectivity index (χ1n) is 8.17. The van der Waals surface area contributed by atoms with Gasteiger partial charge in [-0.05, 0) is 32.9 Å². The quantitative estimate of drug-likeness (QED) is 0.897. The molecule has 0 radical (unpaired) electrons. The van der Waals surface area contributed by atoms with Crippen LogP contribution in [0.15, 0.2) is 18.2 Å². The maximum Gasteiger partial charge on any atom is 0.248 e. The lowest BCUT2D eigenvalue weighted by molar-refractivity contribution is -0.117. The maximum absolute atomic E-state index is 12.6. The van der Waals surface area contributed by atoms with Crippen LogP contribution in [0.1, 0.15) is 50.1 Å². The summed E-state index contributed by atoms with van der Waals surface area (Å²) in [4.78, 5) is 12.6. The number of carbonyl (C=O) groups excluding carboxylic acids is 1. The smallest absolute Gasteiger partial charge is 0.248 e. The molecular formula is C18H23N3O3. The van der Waals surface area contributed by atoms with Crippen molar-refractivity contribution in [1.82, 2.24) is 10.2 Å². The fourth-order valence-electron chi connectivity index (χ4n) is 2.96. The molecule has 0 fully saturated rings. The third kappa shape index (κ3) is 2.84. The van der Waals surface area contributed by atoms with E-state index in [1.165, 1.54) is 0 Å². The molecule has 0 saturated carbocycles. The zero-order chi connectivity index (χ0) is 17.5. The summed E-state index contributed by atoms with van der Waals surface area (Å²) < 4.78 is 11.6. The van der Waals surface area contributed by atoms with Gasteiger partial charge in [0.05, 0.1) is 11.6 Å². The van der Waals surface area contributed by atoms with E-state index in [-0.39, 0.29) is 11.8 Å². The number of nitrogens with zero attached hydrogens (tertiary/aromatic N) is 1. The number of carbonyl (C=O) groups is 1. The number of ether oxygens (including phenoxy) is 2. The fourth-order valence-corrected chi connectivity index (χ4v) is 2.96. The molecule has 1 aromatic carbocycles. The van der Waals surface area contributed by atoms with Crippen molar-refractivity contribution in [2.45, 2.75) is 52.7 Å². The topological polar surface area (TPSA) is 76.2 Å². The molecule has 0 bridgehead atoms. The van der Waals surface area contributed by atoms with Crippen molar-refractivity contribution in [3.8, 4) is 11.5 Å². The molecule has 1 aliphatic heterocycles. The molecule has 128 valence electrons. The Labute approximate surface area is 141 Å². The van der Waals surface area contributed by atoms with Crippen LogP contribution in [0.5, 0.6) is 11.5 Å². The van der Waals surface area contributed by atoms with Crippen LogP contribution in [0.2, 0.25) is 0 Å². The van der Waals surface area contributed by atoms with E-state index in [4.69, 9.17) is 9.47 Å². The Morgan fingerprint density at radius 2 is 2.04 bits per heavy atom. The molecule has 0 spiro atoms. The van der Waals surface area contributed by atoms with Crippen molar-refractivity contribution in [3.63, 3.8) is 0 Å². The molecule has 6 nitrogen and oxygen atoms in total. The first kappa shape index (κ1) is 16.4. The van der Waals surface area contributed by atoms with E-state index in [9.17, 15) is 4.79 Å². The van der Waals surface area contributed by atoms with Gasteiger partial charge >= 0.3 is 0 Å². The maximum atomic E-state index is 12.6. The highest BCUT2D eigenvalue weighted by molar-refractivity contribution is 5.96. The predicted octanol–water partition coefficient (Wildman–Crippen LogP) is 3.67. The highest BCUT2D eigenvalue weighted by Crippen LogP contribution is 2.42. The van der Waals surface area contributed by atoms with Crippen molar-refractivity contribution >= 4 is 11.6 Å². The van der Waals surface area contributed by atoms with E-state index >= 15 is 0 Å². The number of amides is 1. The number of aromatic nitrogens is 2. The summed E-state index contributed by atoms with van der Waals surface area (Å²) >= 11 is 0. The average molecular weight is 329 g/mol. The Bertz CT molecular complexity index is 764. The van der Waals surface area contributed by atoms with Gasteiger partial charge in [-0.15, -0.1) is 0 Å². The van der Waals surface area contributed by atoms with Gasteiger partial charge in [0.15, 0.2) is 11.5 Å². The number of hydrogen-bond donors (Lipinski definition) is 2. The number of aromatic amines is 1. The summed E-state index contributed by atoms with van der Waals surface area (Å²) in [5, 5.41) is 10.0. The number of nitrogens with one attached hydrogen (secondary N) is 2. The number of H-pyrrole nitrogens is 1. The van der Waals surface area contributed by atoms with Crippen LogP contribution in [-0.2, 0) is 4.79 Å². The lowest BCUT2D eigenvalue weighted by Crippen LogP contribution is -2.33. The van der Waals surface area contributed by atoms with E-state index < -0.39 is 5.79 Å². The van der Waals surface area contributed by atoms with E-state index in [0.29, 0.717) is 17.2 Å². The zero-order valence-corrected chi connectivity index (χ0v) is 14.7. The minimum absolute atomic E-state index is 0.0836. The number of aryl methyl sites for hydroxylation is 2. The molecule has 3 rings (SSSR count). The molecule has 24 heavy (non-hydrogen) atoms. The summed E-state index contributed by atoms with van der Waals surface area (Å²) in [6, 6.07) is 5.45. The number of rotatable bonds is 4. The normalized spacial score (nSPS) is 20.0. The molecule has 1 aliphatic rings. The summed E-state index contributed by atoms with van der Waals surface area (Å²) in [5.74, 6) is 0.339. The molecule has 2 heterocycles. The number of hydrogen-bond acceptors (Lipinski definition) is 4. The summed E-state index contributed by atoms with van der Waals surface area (Å²) in [6.45, 7) is 9.60. The highest BCUT2D eigenvalue weighted by Gasteiger charge is 2.35. The molecule has 0 unspecified atom stereocenters. The van der Waals surface area contributed by atoms with E-state index in [1.54, 1.807) is 6.07 Å². The second-order valence-corrected chi connectivity index (χ2v) is 6.41. The van der Waals surface area contributed by atoms with Crippen LogP contribution in [0.4, 0.5) is 5.69 Å². The minimum Gasteiger partial charge on any atom is -0.449 e. The van der Waals surface area contributed by atoms with Gasteiger partial charge in [0.1, 0.15) is 0 Å². The van der Waals surface area contributed by atoms with E-state index in [1.807, 2.05) is 46.8 Å². The van der Waals surface area contributed by atoms with Gasteiger partial charge in [-0.3, -0.25) is 9.89 Å². The van der Waals surface area contributed by atoms with Gasteiger partial charge in [0, 0.05) is 36.4 Å². The van der Waals surface area contributed by atoms with Crippen LogP contribution in [0, 0.1) is 13.8 Å². The van der Waals surface area contributed by atoms with Crippen molar-refractivity contribution in [3.05, 3.63) is 35.2 Å².